The molecule has 11 aromatic rings. The summed E-state index contributed by atoms with van der Waals surface area (Å²) in [5, 5.41) is 4.87. The molecule has 0 N–H and O–H groups in total. The van der Waals surface area contributed by atoms with E-state index in [4.69, 9.17) is 0 Å². The number of hydrogen-bond acceptors (Lipinski definition) is 1. The second kappa shape index (κ2) is 15.6. The van der Waals surface area contributed by atoms with Gasteiger partial charge < -0.3 is 4.90 Å². The molecule has 0 spiro atoms. The Bertz CT molecular complexity index is 3430. The van der Waals surface area contributed by atoms with Crippen LogP contribution in [-0.2, 0) is 5.41 Å². The third kappa shape index (κ3) is 6.01. The summed E-state index contributed by atoms with van der Waals surface area (Å²) in [7, 11) is 0. The lowest BCUT2D eigenvalue weighted by atomic mass is 9.67. The number of fused-ring (bicyclic) bond motifs is 5. The van der Waals surface area contributed by atoms with Crippen LogP contribution in [0.3, 0.4) is 0 Å². The molecule has 64 heavy (non-hydrogen) atoms. The van der Waals surface area contributed by atoms with Gasteiger partial charge in [-0.3, -0.25) is 0 Å². The van der Waals surface area contributed by atoms with Gasteiger partial charge >= 0.3 is 0 Å². The average molecular weight is 814 g/mol. The molecular formula is C63H43N. The maximum Gasteiger partial charge on any atom is 0.0714 e. The van der Waals surface area contributed by atoms with Crippen molar-refractivity contribution in [2.75, 3.05) is 4.90 Å². The molecule has 11 aromatic carbocycles. The SMILES string of the molecule is c1ccc(-c2ccc3ccccc3c2N(c2ccc(-c3ccc4ccccc4c3-c3ccccc3)cc2)c2ccc3c(c2)C(c2ccccc2)(c2ccccc2)c2ccccc2-3)cc1. The van der Waals surface area contributed by atoms with Gasteiger partial charge in [0.25, 0.3) is 0 Å². The zero-order chi connectivity index (χ0) is 42.5. The van der Waals surface area contributed by atoms with Crippen LogP contribution in [-0.4, -0.2) is 0 Å². The fourth-order valence-electron chi connectivity index (χ4n) is 10.5. The van der Waals surface area contributed by atoms with E-state index in [1.54, 1.807) is 0 Å². The highest BCUT2D eigenvalue weighted by Crippen LogP contribution is 2.58. The summed E-state index contributed by atoms with van der Waals surface area (Å²) >= 11 is 0. The fourth-order valence-corrected chi connectivity index (χ4v) is 10.5. The Kier molecular flexibility index (Phi) is 9.13. The van der Waals surface area contributed by atoms with Gasteiger partial charge in [0.2, 0.25) is 0 Å². The molecule has 12 rings (SSSR count). The molecule has 0 unspecified atom stereocenters. The monoisotopic (exact) mass is 813 g/mol. The van der Waals surface area contributed by atoms with E-state index in [0.717, 1.165) is 17.1 Å². The highest BCUT2D eigenvalue weighted by molar-refractivity contribution is 6.07. The highest BCUT2D eigenvalue weighted by Gasteiger charge is 2.46. The van der Waals surface area contributed by atoms with Crippen LogP contribution in [0, 0.1) is 0 Å². The second-order valence-corrected chi connectivity index (χ2v) is 16.8. The number of anilines is 3. The van der Waals surface area contributed by atoms with Crippen molar-refractivity contribution >= 4 is 38.6 Å². The molecule has 1 nitrogen and oxygen atoms in total. The topological polar surface area (TPSA) is 3.24 Å². The Morgan fingerprint density at radius 2 is 0.750 bits per heavy atom. The Labute approximate surface area is 374 Å². The van der Waals surface area contributed by atoms with Crippen LogP contribution in [0.4, 0.5) is 17.1 Å². The van der Waals surface area contributed by atoms with Crippen LogP contribution in [0.1, 0.15) is 22.3 Å². The van der Waals surface area contributed by atoms with Gasteiger partial charge in [-0.2, -0.15) is 0 Å². The van der Waals surface area contributed by atoms with Gasteiger partial charge in [-0.15, -0.1) is 0 Å². The molecule has 0 aliphatic heterocycles. The van der Waals surface area contributed by atoms with Crippen molar-refractivity contribution in [3.63, 3.8) is 0 Å². The van der Waals surface area contributed by atoms with Gasteiger partial charge in [0.05, 0.1) is 11.1 Å². The summed E-state index contributed by atoms with van der Waals surface area (Å²) in [5.74, 6) is 0. The zero-order valence-corrected chi connectivity index (χ0v) is 35.3. The van der Waals surface area contributed by atoms with Gasteiger partial charge in [0.15, 0.2) is 0 Å². The minimum absolute atomic E-state index is 0.537. The Balaban J connectivity index is 1.13. The zero-order valence-electron chi connectivity index (χ0n) is 35.3. The van der Waals surface area contributed by atoms with Gasteiger partial charge in [-0.05, 0) is 102 Å². The first-order valence-electron chi connectivity index (χ1n) is 22.2. The van der Waals surface area contributed by atoms with E-state index in [0.29, 0.717) is 0 Å². The second-order valence-electron chi connectivity index (χ2n) is 16.8. The van der Waals surface area contributed by atoms with Gasteiger partial charge in [-0.1, -0.05) is 237 Å². The minimum Gasteiger partial charge on any atom is -0.309 e. The molecule has 1 aliphatic rings. The van der Waals surface area contributed by atoms with E-state index >= 15 is 0 Å². The quantitative estimate of drug-likeness (QED) is 0.148. The summed E-state index contributed by atoms with van der Waals surface area (Å²) < 4.78 is 0. The van der Waals surface area contributed by atoms with E-state index in [2.05, 4.69) is 266 Å². The Hall–Kier alpha value is -8.26. The van der Waals surface area contributed by atoms with E-state index in [1.165, 1.54) is 88.3 Å². The molecular weight excluding hydrogens is 771 g/mol. The van der Waals surface area contributed by atoms with Crippen molar-refractivity contribution in [2.45, 2.75) is 5.41 Å². The molecule has 300 valence electrons. The van der Waals surface area contributed by atoms with Gasteiger partial charge in [-0.25, -0.2) is 0 Å². The maximum absolute atomic E-state index is 2.51. The highest BCUT2D eigenvalue weighted by atomic mass is 15.1. The molecule has 0 bridgehead atoms. The lowest BCUT2D eigenvalue weighted by Gasteiger charge is -2.35. The first kappa shape index (κ1) is 37.5. The molecule has 0 atom stereocenters. The summed E-state index contributed by atoms with van der Waals surface area (Å²) in [6.07, 6.45) is 0. The predicted molar refractivity (Wildman–Crippen MR) is 270 cm³/mol. The van der Waals surface area contributed by atoms with Crippen LogP contribution >= 0.6 is 0 Å². The molecule has 0 saturated heterocycles. The van der Waals surface area contributed by atoms with E-state index in [1.807, 2.05) is 0 Å². The lowest BCUT2D eigenvalue weighted by Crippen LogP contribution is -2.28. The Morgan fingerprint density at radius 3 is 1.42 bits per heavy atom. The van der Waals surface area contributed by atoms with Crippen molar-refractivity contribution in [3.05, 3.63) is 283 Å². The molecule has 1 heteroatoms. The van der Waals surface area contributed by atoms with Crippen LogP contribution in [0.25, 0.3) is 66.1 Å². The summed E-state index contributed by atoms with van der Waals surface area (Å²) in [4.78, 5) is 2.51. The van der Waals surface area contributed by atoms with Gasteiger partial charge in [0.1, 0.15) is 0 Å². The third-order valence-electron chi connectivity index (χ3n) is 13.3. The van der Waals surface area contributed by atoms with Crippen LogP contribution in [0.15, 0.2) is 261 Å². The smallest absolute Gasteiger partial charge is 0.0714 e. The van der Waals surface area contributed by atoms with Crippen molar-refractivity contribution in [1.82, 2.24) is 0 Å². The molecule has 0 aromatic heterocycles. The predicted octanol–water partition coefficient (Wildman–Crippen LogP) is 16.8. The molecule has 1 aliphatic carbocycles. The average Bonchev–Trinajstić information content (AvgIpc) is 3.68. The first-order valence-corrected chi connectivity index (χ1v) is 22.2. The Morgan fingerprint density at radius 1 is 0.281 bits per heavy atom. The standard InChI is InChI=1S/C63H43N/c1-5-19-44(20-6-1)56-41-36-46-22-14-16-30-55(46)62(56)64(51-37-33-47(34-38-51)54-40-35-45-21-13-15-29-53(45)61(54)48-23-7-2-8-24-48)52-39-42-58-57-31-17-18-32-59(57)63(60(58)43-52,49-25-9-3-10-26-49)50-27-11-4-12-28-50/h1-43H. The van der Waals surface area contributed by atoms with Crippen molar-refractivity contribution in [3.8, 4) is 44.5 Å². The first-order chi connectivity index (χ1) is 31.8. The molecule has 0 amide bonds. The van der Waals surface area contributed by atoms with Crippen molar-refractivity contribution in [1.29, 1.82) is 0 Å². The van der Waals surface area contributed by atoms with E-state index < -0.39 is 5.41 Å². The number of nitrogens with zero attached hydrogens (tertiary/aromatic N) is 1. The molecule has 0 fully saturated rings. The van der Waals surface area contributed by atoms with E-state index in [9.17, 15) is 0 Å². The van der Waals surface area contributed by atoms with Crippen LogP contribution in [0.2, 0.25) is 0 Å². The minimum atomic E-state index is -0.537. The summed E-state index contributed by atoms with van der Waals surface area (Å²) in [6.45, 7) is 0. The lowest BCUT2D eigenvalue weighted by molar-refractivity contribution is 0.768. The van der Waals surface area contributed by atoms with Gasteiger partial charge in [0, 0.05) is 22.3 Å². The fraction of sp³-hybridized carbons (Fsp3) is 0.0159. The number of rotatable bonds is 8. The summed E-state index contributed by atoms with van der Waals surface area (Å²) in [5.41, 5.74) is 17.6. The molecule has 0 heterocycles. The maximum atomic E-state index is 2.51. The van der Waals surface area contributed by atoms with Crippen molar-refractivity contribution in [2.24, 2.45) is 0 Å². The largest absolute Gasteiger partial charge is 0.309 e. The summed E-state index contributed by atoms with van der Waals surface area (Å²) in [6, 6.07) is 96.0. The number of benzene rings is 11. The van der Waals surface area contributed by atoms with Crippen LogP contribution in [0.5, 0.6) is 0 Å². The molecule has 0 radical (unpaired) electrons. The molecule has 0 saturated carbocycles. The number of hydrogen-bond donors (Lipinski definition) is 0. The van der Waals surface area contributed by atoms with Crippen molar-refractivity contribution < 1.29 is 0 Å². The normalized spacial score (nSPS) is 12.5. The van der Waals surface area contributed by atoms with E-state index in [-0.39, 0.29) is 0 Å². The third-order valence-corrected chi connectivity index (χ3v) is 13.3. The van der Waals surface area contributed by atoms with Crippen LogP contribution < -0.4 is 4.90 Å².